The van der Waals surface area contributed by atoms with Crippen molar-refractivity contribution in [2.75, 3.05) is 58.0 Å². The predicted octanol–water partition coefficient (Wildman–Crippen LogP) is -1.14. The second kappa shape index (κ2) is 14.5. The summed E-state index contributed by atoms with van der Waals surface area (Å²) >= 11 is 0. The van der Waals surface area contributed by atoms with Crippen molar-refractivity contribution in [1.29, 1.82) is 0 Å². The van der Waals surface area contributed by atoms with E-state index in [0.717, 1.165) is 25.9 Å². The molecule has 0 radical (unpaired) electrons. The minimum absolute atomic E-state index is 0.0171. The third-order valence-electron chi connectivity index (χ3n) is 4.40. The molecule has 1 atom stereocenters. The second-order valence-corrected chi connectivity index (χ2v) is 7.25. The molecule has 9 N–H and O–H groups in total. The minimum atomic E-state index is -0.590. The molecule has 1 aromatic rings. The minimum Gasteiger partial charge on any atom is -0.396 e. The van der Waals surface area contributed by atoms with Gasteiger partial charge in [-0.3, -0.25) is 15.1 Å². The Bertz CT molecular complexity index is 716. The lowest BCUT2D eigenvalue weighted by atomic mass is 10.2. The molecule has 1 heterocycles. The van der Waals surface area contributed by atoms with E-state index in [2.05, 4.69) is 25.2 Å². The zero-order valence-electron chi connectivity index (χ0n) is 18.4. The Morgan fingerprint density at radius 3 is 2.65 bits per heavy atom. The molecule has 0 aromatic carbocycles. The molecule has 12 nitrogen and oxygen atoms in total. The maximum atomic E-state index is 12.2. The highest BCUT2D eigenvalue weighted by Gasteiger charge is 2.15. The number of aliphatic hydroxyl groups is 2. The van der Waals surface area contributed by atoms with Crippen molar-refractivity contribution in [2.24, 2.45) is 10.7 Å². The molecule has 0 spiro atoms. The van der Waals surface area contributed by atoms with Gasteiger partial charge in [0.15, 0.2) is 17.5 Å². The summed E-state index contributed by atoms with van der Waals surface area (Å²) in [4.78, 5) is 26.4. The highest BCUT2D eigenvalue weighted by molar-refractivity contribution is 6.06. The first-order valence-corrected chi connectivity index (χ1v) is 10.3. The summed E-state index contributed by atoms with van der Waals surface area (Å²) in [6.45, 7) is 4.66. The highest BCUT2D eigenvalue weighted by atomic mass is 16.5. The number of rotatable bonds is 14. The summed E-state index contributed by atoms with van der Waals surface area (Å²) in [6.07, 6.45) is 2.19. The lowest BCUT2D eigenvalue weighted by molar-refractivity contribution is 0.0265. The van der Waals surface area contributed by atoms with Crippen LogP contribution in [0.2, 0.25) is 0 Å². The van der Waals surface area contributed by atoms with Gasteiger partial charge in [-0.2, -0.15) is 0 Å². The molecular weight excluding hydrogens is 404 g/mol. The molecule has 0 saturated heterocycles. The van der Waals surface area contributed by atoms with Gasteiger partial charge in [-0.1, -0.05) is 0 Å². The summed E-state index contributed by atoms with van der Waals surface area (Å²) in [5, 5.41) is 20.8. The number of aryl methyl sites for hydroxylation is 1. The Labute approximate surface area is 182 Å². The molecular formula is C19H36N8O4. The number of anilines is 2. The first kappa shape index (κ1) is 26.5. The third kappa shape index (κ3) is 10.9. The van der Waals surface area contributed by atoms with E-state index in [1.165, 1.54) is 0 Å². The van der Waals surface area contributed by atoms with Crippen molar-refractivity contribution in [3.8, 4) is 0 Å². The van der Waals surface area contributed by atoms with Gasteiger partial charge in [0.05, 0.1) is 18.4 Å². The Kier molecular flexibility index (Phi) is 12.4. The van der Waals surface area contributed by atoms with Gasteiger partial charge in [-0.25, -0.2) is 9.97 Å². The number of nitrogens with zero attached hydrogens (tertiary/aromatic N) is 4. The largest absolute Gasteiger partial charge is 0.396 e. The standard InChI is InChI=1S/C19H36N8O4/c1-13-16(20)25-17(21)15(24-13)18(30)26-19(22)23-7-4-8-27(2)9-5-11-31-12-14(29)6-3-10-28/h14,28-29H,3-12H2,1-2H3,(H4,20,21,25)(H3,22,23,26,30). The van der Waals surface area contributed by atoms with Crippen LogP contribution >= 0.6 is 0 Å². The molecule has 1 unspecified atom stereocenters. The van der Waals surface area contributed by atoms with Crippen LogP contribution < -0.4 is 22.5 Å². The summed E-state index contributed by atoms with van der Waals surface area (Å²) in [7, 11) is 2.00. The van der Waals surface area contributed by atoms with E-state index in [9.17, 15) is 9.90 Å². The average molecular weight is 441 g/mol. The molecule has 0 aliphatic heterocycles. The third-order valence-corrected chi connectivity index (χ3v) is 4.40. The predicted molar refractivity (Wildman–Crippen MR) is 119 cm³/mol. The van der Waals surface area contributed by atoms with E-state index in [0.29, 0.717) is 31.7 Å². The number of hydrogen-bond donors (Lipinski definition) is 6. The number of ether oxygens (including phenoxy) is 1. The van der Waals surface area contributed by atoms with E-state index >= 15 is 0 Å². The lowest BCUT2D eigenvalue weighted by Crippen LogP contribution is -2.38. The molecule has 0 bridgehead atoms. The summed E-state index contributed by atoms with van der Waals surface area (Å²) in [6, 6.07) is 0. The van der Waals surface area contributed by atoms with Crippen LogP contribution in [-0.4, -0.2) is 89.6 Å². The maximum Gasteiger partial charge on any atom is 0.280 e. The molecule has 12 heteroatoms. The van der Waals surface area contributed by atoms with Crippen LogP contribution in [0.3, 0.4) is 0 Å². The fourth-order valence-corrected chi connectivity index (χ4v) is 2.65. The van der Waals surface area contributed by atoms with E-state index in [4.69, 9.17) is 27.0 Å². The number of aromatic nitrogens is 2. The molecule has 0 aliphatic carbocycles. The van der Waals surface area contributed by atoms with Crippen LogP contribution in [0.4, 0.5) is 11.6 Å². The number of aliphatic hydroxyl groups excluding tert-OH is 2. The summed E-state index contributed by atoms with van der Waals surface area (Å²) in [5.74, 6) is -0.509. The molecule has 0 saturated carbocycles. The second-order valence-electron chi connectivity index (χ2n) is 7.25. The van der Waals surface area contributed by atoms with Crippen LogP contribution in [-0.2, 0) is 4.74 Å². The zero-order chi connectivity index (χ0) is 23.2. The molecule has 1 rings (SSSR count). The molecule has 176 valence electrons. The molecule has 0 fully saturated rings. The van der Waals surface area contributed by atoms with Gasteiger partial charge in [-0.05, 0) is 46.2 Å². The number of aliphatic imine (C=N–C) groups is 1. The first-order valence-electron chi connectivity index (χ1n) is 10.3. The van der Waals surface area contributed by atoms with Crippen molar-refractivity contribution in [3.05, 3.63) is 11.4 Å². The van der Waals surface area contributed by atoms with Gasteiger partial charge in [-0.15, -0.1) is 0 Å². The van der Waals surface area contributed by atoms with Crippen molar-refractivity contribution < 1.29 is 19.7 Å². The summed E-state index contributed by atoms with van der Waals surface area (Å²) in [5.41, 5.74) is 17.4. The normalized spacial score (nSPS) is 12.9. The number of nitrogens with one attached hydrogen (secondary N) is 1. The van der Waals surface area contributed by atoms with Crippen LogP contribution in [0.1, 0.15) is 41.9 Å². The zero-order valence-corrected chi connectivity index (χ0v) is 18.4. The van der Waals surface area contributed by atoms with Crippen LogP contribution in [0.15, 0.2) is 4.99 Å². The number of nitrogens with two attached hydrogens (primary N) is 3. The Morgan fingerprint density at radius 1 is 1.23 bits per heavy atom. The fraction of sp³-hybridized carbons (Fsp3) is 0.684. The monoisotopic (exact) mass is 440 g/mol. The number of guanidine groups is 1. The van der Waals surface area contributed by atoms with Gasteiger partial charge in [0.25, 0.3) is 5.91 Å². The van der Waals surface area contributed by atoms with Crippen molar-refractivity contribution in [2.45, 2.75) is 38.7 Å². The van der Waals surface area contributed by atoms with Crippen molar-refractivity contribution in [1.82, 2.24) is 20.2 Å². The quantitative estimate of drug-likeness (QED) is 0.117. The Balaban J connectivity index is 2.21. The molecule has 0 aliphatic rings. The summed E-state index contributed by atoms with van der Waals surface area (Å²) < 4.78 is 5.43. The van der Waals surface area contributed by atoms with Crippen molar-refractivity contribution in [3.63, 3.8) is 0 Å². The first-order chi connectivity index (χ1) is 14.7. The molecule has 1 amide bonds. The molecule has 31 heavy (non-hydrogen) atoms. The number of carbonyl (C=O) groups excluding carboxylic acids is 1. The number of amides is 1. The number of hydrogen-bond acceptors (Lipinski definition) is 10. The number of carbonyl (C=O) groups is 1. The molecule has 1 aromatic heterocycles. The SMILES string of the molecule is Cc1nc(C(=O)NC(N)=NCCCN(C)CCCOCC(O)CCCO)c(N)nc1N. The number of nitrogen functional groups attached to an aromatic ring is 2. The van der Waals surface area contributed by atoms with E-state index in [1.54, 1.807) is 6.92 Å². The van der Waals surface area contributed by atoms with Gasteiger partial charge in [0, 0.05) is 26.3 Å². The Hall–Kier alpha value is -2.54. The van der Waals surface area contributed by atoms with Gasteiger partial charge in [0.2, 0.25) is 0 Å². The topological polar surface area (TPSA) is 198 Å². The fourth-order valence-electron chi connectivity index (χ4n) is 2.65. The van der Waals surface area contributed by atoms with Gasteiger partial charge >= 0.3 is 0 Å². The van der Waals surface area contributed by atoms with Gasteiger partial charge in [0.1, 0.15) is 5.82 Å². The smallest absolute Gasteiger partial charge is 0.280 e. The van der Waals surface area contributed by atoms with Crippen molar-refractivity contribution >= 4 is 23.5 Å². The maximum absolute atomic E-state index is 12.2. The van der Waals surface area contributed by atoms with Crippen LogP contribution in [0, 0.1) is 6.92 Å². The Morgan fingerprint density at radius 2 is 1.94 bits per heavy atom. The van der Waals surface area contributed by atoms with Gasteiger partial charge < -0.3 is 37.1 Å². The van der Waals surface area contributed by atoms with E-state index in [-0.39, 0.29) is 36.5 Å². The lowest BCUT2D eigenvalue weighted by Gasteiger charge is -2.16. The van der Waals surface area contributed by atoms with E-state index < -0.39 is 12.0 Å². The van der Waals surface area contributed by atoms with Crippen LogP contribution in [0.25, 0.3) is 0 Å². The average Bonchev–Trinajstić information content (AvgIpc) is 2.71. The van der Waals surface area contributed by atoms with Crippen LogP contribution in [0.5, 0.6) is 0 Å². The van der Waals surface area contributed by atoms with E-state index in [1.807, 2.05) is 7.05 Å². The highest BCUT2D eigenvalue weighted by Crippen LogP contribution is 2.11.